The number of hydrogen-bond acceptors (Lipinski definition) is 6. The van der Waals surface area contributed by atoms with Crippen molar-refractivity contribution in [2.45, 2.75) is 45.4 Å². The summed E-state index contributed by atoms with van der Waals surface area (Å²) in [7, 11) is 0. The van der Waals surface area contributed by atoms with Crippen LogP contribution in [0.2, 0.25) is 5.02 Å². The van der Waals surface area contributed by atoms with E-state index in [9.17, 15) is 31.9 Å². The topological polar surface area (TPSA) is 136 Å². The summed E-state index contributed by atoms with van der Waals surface area (Å²) in [6.45, 7) is 5.61. The van der Waals surface area contributed by atoms with Crippen LogP contribution in [-0.2, 0) is 23.8 Å². The number of piperazine rings is 1. The van der Waals surface area contributed by atoms with Crippen LogP contribution >= 0.6 is 11.6 Å². The van der Waals surface area contributed by atoms with Crippen LogP contribution < -0.4 is 5.32 Å². The Kier molecular flexibility index (Phi) is 9.32. The van der Waals surface area contributed by atoms with Crippen molar-refractivity contribution >= 4 is 35.2 Å². The van der Waals surface area contributed by atoms with E-state index < -0.39 is 36.1 Å². The van der Waals surface area contributed by atoms with Gasteiger partial charge in [0.1, 0.15) is 5.60 Å². The quantitative estimate of drug-likeness (QED) is 0.320. The third-order valence-corrected chi connectivity index (χ3v) is 6.77. The molecule has 0 saturated carbocycles. The predicted octanol–water partition coefficient (Wildman–Crippen LogP) is 4.85. The average molecular weight is 628 g/mol. The van der Waals surface area contributed by atoms with E-state index in [1.807, 2.05) is 0 Å². The number of amides is 3. The molecule has 16 heteroatoms. The van der Waals surface area contributed by atoms with Crippen LogP contribution in [0.25, 0.3) is 0 Å². The van der Waals surface area contributed by atoms with Gasteiger partial charge in [0.2, 0.25) is 0 Å². The van der Waals surface area contributed by atoms with Crippen molar-refractivity contribution in [2.75, 3.05) is 38.2 Å². The molecular weight excluding hydrogens is 598 g/mol. The number of carbonyl (C=O) groups is 3. The van der Waals surface area contributed by atoms with E-state index in [1.165, 1.54) is 29.3 Å². The molecular formula is C27H30ClF4N7O4. The monoisotopic (exact) mass is 627 g/mol. The molecule has 0 unspecified atom stereocenters. The van der Waals surface area contributed by atoms with Crippen LogP contribution in [0.5, 0.6) is 0 Å². The number of nitrogens with zero attached hydrogens (tertiary/aromatic N) is 4. The van der Waals surface area contributed by atoms with Crippen molar-refractivity contribution in [3.8, 4) is 0 Å². The van der Waals surface area contributed by atoms with Gasteiger partial charge in [-0.05, 0) is 39.0 Å². The highest BCUT2D eigenvalue weighted by molar-refractivity contribution is 6.34. The van der Waals surface area contributed by atoms with Gasteiger partial charge in [0.05, 0.1) is 17.3 Å². The van der Waals surface area contributed by atoms with Gasteiger partial charge in [0, 0.05) is 67.9 Å². The lowest BCUT2D eigenvalue weighted by Gasteiger charge is -2.35. The molecule has 1 aliphatic heterocycles. The lowest BCUT2D eigenvalue weighted by molar-refractivity contribution is -0.141. The highest BCUT2D eigenvalue weighted by Crippen LogP contribution is 2.33. The second-order valence-electron chi connectivity index (χ2n) is 10.8. The summed E-state index contributed by atoms with van der Waals surface area (Å²) < 4.78 is 58.3. The molecule has 0 aliphatic carbocycles. The largest absolute Gasteiger partial charge is 0.444 e. The van der Waals surface area contributed by atoms with Crippen molar-refractivity contribution in [3.63, 3.8) is 0 Å². The van der Waals surface area contributed by atoms with Crippen LogP contribution in [0.15, 0.2) is 24.4 Å². The second kappa shape index (κ2) is 12.6. The Hall–Kier alpha value is -4.14. The van der Waals surface area contributed by atoms with Crippen molar-refractivity contribution < 1.29 is 36.7 Å². The van der Waals surface area contributed by atoms with Gasteiger partial charge >= 0.3 is 12.3 Å². The molecule has 0 atom stereocenters. The second-order valence-corrected chi connectivity index (χ2v) is 11.2. The fourth-order valence-electron chi connectivity index (χ4n) is 4.43. The Morgan fingerprint density at radius 3 is 2.37 bits per heavy atom. The minimum atomic E-state index is -4.75. The van der Waals surface area contributed by atoms with Gasteiger partial charge in [0.25, 0.3) is 11.8 Å². The summed E-state index contributed by atoms with van der Waals surface area (Å²) in [5, 5.41) is 8.18. The molecule has 0 bridgehead atoms. The molecule has 0 spiro atoms. The molecule has 0 radical (unpaired) electrons. The zero-order chi connectivity index (χ0) is 31.5. The molecule has 43 heavy (non-hydrogen) atoms. The number of benzene rings is 1. The number of aryl methyl sites for hydroxylation is 1. The lowest BCUT2D eigenvalue weighted by atomic mass is 10.1. The molecule has 1 aromatic carbocycles. The molecule has 1 saturated heterocycles. The molecule has 11 nitrogen and oxygen atoms in total. The first-order chi connectivity index (χ1) is 20.2. The number of rotatable bonds is 7. The highest BCUT2D eigenvalue weighted by Gasteiger charge is 2.38. The number of alkyl halides is 4. The number of halogens is 5. The summed E-state index contributed by atoms with van der Waals surface area (Å²) in [5.74, 6) is -1.22. The first-order valence-electron chi connectivity index (χ1n) is 13.3. The van der Waals surface area contributed by atoms with Crippen molar-refractivity contribution in [1.29, 1.82) is 0 Å². The number of imidazole rings is 1. The third-order valence-electron chi connectivity index (χ3n) is 6.45. The van der Waals surface area contributed by atoms with E-state index in [1.54, 1.807) is 25.7 Å². The van der Waals surface area contributed by atoms with E-state index >= 15 is 0 Å². The number of hydrogen-bond donors (Lipinski definition) is 3. The van der Waals surface area contributed by atoms with Crippen LogP contribution in [-0.4, -0.2) is 86.3 Å². The van der Waals surface area contributed by atoms with Gasteiger partial charge in [0.15, 0.2) is 11.5 Å². The first kappa shape index (κ1) is 31.8. The van der Waals surface area contributed by atoms with Crippen molar-refractivity contribution in [1.82, 2.24) is 30.0 Å². The Balaban J connectivity index is 1.37. The van der Waals surface area contributed by atoms with Crippen molar-refractivity contribution in [3.05, 3.63) is 63.5 Å². The van der Waals surface area contributed by atoms with E-state index in [0.29, 0.717) is 13.1 Å². The summed E-state index contributed by atoms with van der Waals surface area (Å²) in [6.07, 6.45) is -4.58. The van der Waals surface area contributed by atoms with E-state index in [-0.39, 0.29) is 70.9 Å². The summed E-state index contributed by atoms with van der Waals surface area (Å²) in [4.78, 5) is 47.8. The Morgan fingerprint density at radius 2 is 1.77 bits per heavy atom. The van der Waals surface area contributed by atoms with Gasteiger partial charge in [-0.1, -0.05) is 11.6 Å². The average Bonchev–Trinajstić information content (AvgIpc) is 3.55. The smallest absolute Gasteiger partial charge is 0.435 e. The number of H-pyrrole nitrogens is 2. The van der Waals surface area contributed by atoms with Crippen LogP contribution in [0.4, 0.5) is 28.0 Å². The molecule has 232 valence electrons. The Labute approximate surface area is 248 Å². The van der Waals surface area contributed by atoms with Crippen LogP contribution in [0.3, 0.4) is 0 Å². The van der Waals surface area contributed by atoms with Crippen LogP contribution in [0.1, 0.15) is 64.4 Å². The zero-order valence-electron chi connectivity index (χ0n) is 23.6. The maximum Gasteiger partial charge on any atom is 0.435 e. The molecule has 4 rings (SSSR count). The number of aromatic amines is 2. The molecule has 3 aromatic rings. The number of aromatic nitrogens is 4. The number of carbonyl (C=O) groups excluding carboxylic acids is 3. The fourth-order valence-corrected chi connectivity index (χ4v) is 4.69. The van der Waals surface area contributed by atoms with Gasteiger partial charge in [-0.2, -0.15) is 18.3 Å². The Bertz CT molecular complexity index is 1490. The standard InChI is InChI=1S/C27H30ClF4N7O4/c1-26(2,3)43-25(42)39-10-8-38(9-11-39)24(41)17-5-4-15(13-19(17)28)35-23(40)22-33-14-16(34-22)12-18-20(6-7-29)36-37-21(18)27(30,31)32/h4-5,13-14H,6-12H2,1-3H3,(H,33,34)(H,35,40)(H,36,37). The Morgan fingerprint density at radius 1 is 1.09 bits per heavy atom. The van der Waals surface area contributed by atoms with Gasteiger partial charge in [-0.15, -0.1) is 0 Å². The molecule has 1 aliphatic rings. The third kappa shape index (κ3) is 7.83. The van der Waals surface area contributed by atoms with E-state index in [2.05, 4.69) is 25.5 Å². The molecule has 1 fully saturated rings. The van der Waals surface area contributed by atoms with Crippen LogP contribution in [0, 0.1) is 0 Å². The maximum atomic E-state index is 13.4. The predicted molar refractivity (Wildman–Crippen MR) is 148 cm³/mol. The zero-order valence-corrected chi connectivity index (χ0v) is 24.3. The summed E-state index contributed by atoms with van der Waals surface area (Å²) in [6, 6.07) is 4.32. The van der Waals surface area contributed by atoms with Gasteiger partial charge in [-0.3, -0.25) is 19.1 Å². The van der Waals surface area contributed by atoms with E-state index in [4.69, 9.17) is 16.3 Å². The van der Waals surface area contributed by atoms with Crippen molar-refractivity contribution in [2.24, 2.45) is 0 Å². The SMILES string of the molecule is CC(C)(C)OC(=O)N1CCN(C(=O)c2ccc(NC(=O)c3ncc(Cc4c(C(F)(F)F)n[nH]c4CCF)[nH]3)cc2Cl)CC1. The number of nitrogens with one attached hydrogen (secondary N) is 3. The minimum Gasteiger partial charge on any atom is -0.444 e. The molecule has 2 aromatic heterocycles. The molecule has 3 heterocycles. The number of anilines is 1. The van der Waals surface area contributed by atoms with E-state index in [0.717, 1.165) is 0 Å². The lowest BCUT2D eigenvalue weighted by Crippen LogP contribution is -2.51. The molecule has 3 N–H and O–H groups in total. The van der Waals surface area contributed by atoms with Gasteiger partial charge < -0.3 is 24.8 Å². The summed E-state index contributed by atoms with van der Waals surface area (Å²) >= 11 is 6.37. The first-order valence-corrected chi connectivity index (χ1v) is 13.7. The fraction of sp³-hybridized carbons (Fsp3) is 0.444. The normalized spacial score (nSPS) is 14.1. The van der Waals surface area contributed by atoms with Gasteiger partial charge in [-0.25, -0.2) is 9.78 Å². The minimum absolute atomic E-state index is 0.00428. The highest BCUT2D eigenvalue weighted by atomic mass is 35.5. The summed E-state index contributed by atoms with van der Waals surface area (Å²) in [5.41, 5.74) is -1.39. The molecule has 3 amide bonds. The number of ether oxygens (including phenoxy) is 1. The maximum absolute atomic E-state index is 13.4.